The molecule has 0 saturated carbocycles. The summed E-state index contributed by atoms with van der Waals surface area (Å²) in [6, 6.07) is 20.7. The Balaban J connectivity index is 2.45. The van der Waals surface area contributed by atoms with Gasteiger partial charge in [0, 0.05) is 0 Å². The molecule has 0 N–H and O–H groups in total. The summed E-state index contributed by atoms with van der Waals surface area (Å²) in [6.07, 6.45) is 8.85. The SMILES string of the molecule is CCC[CH2][Sn]([CH2]CCC)([CH2]CCC)[CH](C)CP(=O)(c1ccccc1)c1ccccc1. The van der Waals surface area contributed by atoms with Gasteiger partial charge in [0.05, 0.1) is 0 Å². The van der Waals surface area contributed by atoms with Crippen molar-refractivity contribution in [3.63, 3.8) is 0 Å². The van der Waals surface area contributed by atoms with E-state index in [4.69, 9.17) is 0 Å². The molecule has 3 heteroatoms. The summed E-state index contributed by atoms with van der Waals surface area (Å²) in [6.45, 7) is 9.49. The van der Waals surface area contributed by atoms with Crippen LogP contribution in [-0.4, -0.2) is 24.5 Å². The van der Waals surface area contributed by atoms with Crippen LogP contribution in [0.5, 0.6) is 0 Å². The molecule has 2 aromatic rings. The summed E-state index contributed by atoms with van der Waals surface area (Å²) in [5.74, 6) is 0. The first-order valence-electron chi connectivity index (χ1n) is 12.2. The van der Waals surface area contributed by atoms with Gasteiger partial charge in [-0.05, 0) is 0 Å². The van der Waals surface area contributed by atoms with Crippen LogP contribution in [0.2, 0.25) is 17.2 Å². The van der Waals surface area contributed by atoms with Gasteiger partial charge in [0.1, 0.15) is 0 Å². The fraction of sp³-hybridized carbons (Fsp3) is 0.556. The van der Waals surface area contributed by atoms with Gasteiger partial charge in [-0.2, -0.15) is 0 Å². The first-order chi connectivity index (χ1) is 14.5. The third-order valence-electron chi connectivity index (χ3n) is 7.01. The molecule has 2 rings (SSSR count). The summed E-state index contributed by atoms with van der Waals surface area (Å²) >= 11 is -2.44. The van der Waals surface area contributed by atoms with Crippen LogP contribution in [0.25, 0.3) is 0 Å². The first kappa shape index (κ1) is 25.7. The van der Waals surface area contributed by atoms with Crippen LogP contribution in [0.3, 0.4) is 0 Å². The summed E-state index contributed by atoms with van der Waals surface area (Å²) in [7, 11) is -2.62. The minimum absolute atomic E-state index is 0.648. The second kappa shape index (κ2) is 13.1. The van der Waals surface area contributed by atoms with Crippen LogP contribution in [0, 0.1) is 0 Å². The average molecular weight is 533 g/mol. The Labute approximate surface area is 190 Å². The zero-order valence-electron chi connectivity index (χ0n) is 19.8. The zero-order valence-corrected chi connectivity index (χ0v) is 23.5. The summed E-state index contributed by atoms with van der Waals surface area (Å²) < 4.78 is 19.8. The second-order valence-electron chi connectivity index (χ2n) is 9.17. The van der Waals surface area contributed by atoms with Crippen molar-refractivity contribution in [2.24, 2.45) is 0 Å². The van der Waals surface area contributed by atoms with E-state index in [1.54, 1.807) is 0 Å². The van der Waals surface area contributed by atoms with E-state index in [1.165, 1.54) is 51.8 Å². The van der Waals surface area contributed by atoms with Gasteiger partial charge in [-0.15, -0.1) is 0 Å². The molecule has 0 heterocycles. The predicted molar refractivity (Wildman–Crippen MR) is 139 cm³/mol. The van der Waals surface area contributed by atoms with Gasteiger partial charge in [0.2, 0.25) is 0 Å². The van der Waals surface area contributed by atoms with Gasteiger partial charge in [0.15, 0.2) is 0 Å². The number of unbranched alkanes of at least 4 members (excludes halogenated alkanes) is 3. The summed E-state index contributed by atoms with van der Waals surface area (Å²) in [5, 5.41) is 2.09. The van der Waals surface area contributed by atoms with E-state index in [9.17, 15) is 4.57 Å². The van der Waals surface area contributed by atoms with Crippen molar-refractivity contribution >= 4 is 36.1 Å². The molecule has 30 heavy (non-hydrogen) atoms. The van der Waals surface area contributed by atoms with E-state index in [0.29, 0.717) is 3.93 Å². The number of hydrogen-bond acceptors (Lipinski definition) is 1. The van der Waals surface area contributed by atoms with Gasteiger partial charge in [0.25, 0.3) is 0 Å². The van der Waals surface area contributed by atoms with Crippen molar-refractivity contribution in [1.82, 2.24) is 0 Å². The van der Waals surface area contributed by atoms with Crippen molar-refractivity contribution in [1.29, 1.82) is 0 Å². The average Bonchev–Trinajstić information content (AvgIpc) is 2.80. The van der Waals surface area contributed by atoms with E-state index >= 15 is 0 Å². The number of hydrogen-bond donors (Lipinski definition) is 0. The Bertz CT molecular complexity index is 694. The number of rotatable bonds is 14. The van der Waals surface area contributed by atoms with Crippen LogP contribution in [0.15, 0.2) is 60.7 Å². The maximum atomic E-state index is 14.7. The predicted octanol–water partition coefficient (Wildman–Crippen LogP) is 8.24. The number of benzene rings is 2. The molecule has 1 unspecified atom stereocenters. The third kappa shape index (κ3) is 6.73. The van der Waals surface area contributed by atoms with Crippen molar-refractivity contribution in [2.75, 3.05) is 6.16 Å². The minimum atomic E-state index is -2.62. The summed E-state index contributed by atoms with van der Waals surface area (Å²) in [4.78, 5) is 0. The van der Waals surface area contributed by atoms with E-state index in [2.05, 4.69) is 76.2 Å². The van der Waals surface area contributed by atoms with Gasteiger partial charge in [-0.25, -0.2) is 0 Å². The molecular formula is C27H43OPSn. The van der Waals surface area contributed by atoms with Gasteiger partial charge in [-0.3, -0.25) is 0 Å². The van der Waals surface area contributed by atoms with Gasteiger partial charge >= 0.3 is 191 Å². The van der Waals surface area contributed by atoms with Crippen LogP contribution < -0.4 is 10.6 Å². The van der Waals surface area contributed by atoms with E-state index in [1.807, 2.05) is 12.1 Å². The van der Waals surface area contributed by atoms with Crippen LogP contribution in [0.4, 0.5) is 0 Å². The molecule has 0 spiro atoms. The van der Waals surface area contributed by atoms with Gasteiger partial charge < -0.3 is 0 Å². The van der Waals surface area contributed by atoms with Gasteiger partial charge in [-0.1, -0.05) is 0 Å². The molecule has 0 bridgehead atoms. The molecule has 2 aromatic carbocycles. The van der Waals surface area contributed by atoms with Crippen molar-refractivity contribution in [3.8, 4) is 0 Å². The molecule has 166 valence electrons. The Morgan fingerprint density at radius 2 is 1.07 bits per heavy atom. The Hall–Kier alpha value is -0.531. The molecule has 0 saturated heterocycles. The van der Waals surface area contributed by atoms with Crippen LogP contribution >= 0.6 is 7.14 Å². The van der Waals surface area contributed by atoms with Crippen molar-refractivity contribution in [3.05, 3.63) is 60.7 Å². The molecule has 1 nitrogen and oxygen atoms in total. The van der Waals surface area contributed by atoms with Crippen LogP contribution in [-0.2, 0) is 4.57 Å². The Kier molecular flexibility index (Phi) is 11.2. The normalized spacial score (nSPS) is 13.3. The van der Waals surface area contributed by atoms with Crippen LogP contribution in [0.1, 0.15) is 66.2 Å². The third-order valence-corrected chi connectivity index (χ3v) is 29.4. The molecular weight excluding hydrogens is 490 g/mol. The molecule has 0 radical (unpaired) electrons. The van der Waals surface area contributed by atoms with E-state index < -0.39 is 25.5 Å². The first-order valence-corrected chi connectivity index (χ1v) is 21.8. The van der Waals surface area contributed by atoms with Crippen molar-refractivity contribution in [2.45, 2.75) is 83.5 Å². The van der Waals surface area contributed by atoms with Crippen molar-refractivity contribution < 1.29 is 4.57 Å². The second-order valence-corrected chi connectivity index (χ2v) is 26.9. The summed E-state index contributed by atoms with van der Waals surface area (Å²) in [5.41, 5.74) is 0. The fourth-order valence-corrected chi connectivity index (χ4v) is 29.1. The molecule has 0 fully saturated rings. The molecule has 1 atom stereocenters. The topological polar surface area (TPSA) is 17.1 Å². The fourth-order valence-electron chi connectivity index (χ4n) is 4.98. The Morgan fingerprint density at radius 1 is 0.700 bits per heavy atom. The molecule has 0 aliphatic carbocycles. The van der Waals surface area contributed by atoms with E-state index in [-0.39, 0.29) is 0 Å². The Morgan fingerprint density at radius 3 is 1.40 bits per heavy atom. The molecule has 0 amide bonds. The molecule has 0 aliphatic heterocycles. The van der Waals surface area contributed by atoms with E-state index in [0.717, 1.165) is 16.8 Å². The maximum absolute atomic E-state index is 14.7. The molecule has 0 aromatic heterocycles. The quantitative estimate of drug-likeness (QED) is 0.177. The standard InChI is InChI=1S/C15H16OP.3C4H9.Sn/c1-2-13-17(16,14-9-5-3-6-10-14)15-11-7-4-8-12-15;3*1-3-4-2;/h2-12H,13H2,1H3;3*1,3-4H2,2H3;. The zero-order chi connectivity index (χ0) is 21.9. The monoisotopic (exact) mass is 534 g/mol. The molecule has 0 aliphatic rings.